The fourth-order valence-electron chi connectivity index (χ4n) is 1.96. The second kappa shape index (κ2) is 8.97. The average Bonchev–Trinajstić information content (AvgIpc) is 2.41. The Balaban J connectivity index is 4.23. The molecule has 112 valence electrons. The van der Waals surface area contributed by atoms with Gasteiger partial charge < -0.3 is 9.47 Å². The lowest BCUT2D eigenvalue weighted by molar-refractivity contribution is 0.0592. The van der Waals surface area contributed by atoms with Crippen LogP contribution in [0.25, 0.3) is 0 Å². The normalized spacial score (nSPS) is 11.6. The summed E-state index contributed by atoms with van der Waals surface area (Å²) < 4.78 is 9.80. The van der Waals surface area contributed by atoms with Crippen LogP contribution in [0.1, 0.15) is 27.2 Å². The first kappa shape index (κ1) is 18.9. The van der Waals surface area contributed by atoms with Crippen molar-refractivity contribution in [2.45, 2.75) is 37.9 Å². The zero-order valence-corrected chi connectivity index (χ0v) is 14.9. The fraction of sp³-hybridized carbons (Fsp3) is 0.533. The molecule has 0 N–H and O–H groups in total. The van der Waals surface area contributed by atoms with E-state index in [1.165, 1.54) is 0 Å². The van der Waals surface area contributed by atoms with Crippen molar-refractivity contribution in [3.63, 3.8) is 0 Å². The van der Waals surface area contributed by atoms with Gasteiger partial charge in [0.25, 0.3) is 0 Å². The van der Waals surface area contributed by atoms with Gasteiger partial charge in [-0.05, 0) is 18.0 Å². The van der Waals surface area contributed by atoms with Gasteiger partial charge in [0.1, 0.15) is 8.07 Å². The van der Waals surface area contributed by atoms with Crippen molar-refractivity contribution in [1.29, 1.82) is 0 Å². The Morgan fingerprint density at radius 3 is 2.20 bits per heavy atom. The lowest BCUT2D eigenvalue weighted by Gasteiger charge is -2.38. The molecule has 0 spiro atoms. The lowest BCUT2D eigenvalue weighted by Crippen LogP contribution is -2.43. The van der Waals surface area contributed by atoms with Gasteiger partial charge in [0.2, 0.25) is 0 Å². The third-order valence-corrected chi connectivity index (χ3v) is 11.0. The quantitative estimate of drug-likeness (QED) is 0.347. The van der Waals surface area contributed by atoms with E-state index in [1.54, 1.807) is 6.92 Å². The molecule has 0 atom stereocenters. The predicted molar refractivity (Wildman–Crippen MR) is 88.5 cm³/mol. The van der Waals surface area contributed by atoms with E-state index in [0.29, 0.717) is 13.2 Å². The van der Waals surface area contributed by atoms with Gasteiger partial charge in [-0.15, -0.1) is 19.7 Å². The van der Waals surface area contributed by atoms with E-state index in [-0.39, 0.29) is 4.66 Å². The monoisotopic (exact) mass is 310 g/mol. The van der Waals surface area contributed by atoms with E-state index in [2.05, 4.69) is 33.6 Å². The standard InChI is InChI=1S/C15H26O3Si2/c1-7-17-14(16)18-12-11-13-19-15(5,6)20(8-2,9-3)10-4/h8-10H,2-4,7,11-13H2,1,5-6H3. The Morgan fingerprint density at radius 2 is 1.75 bits per heavy atom. The van der Waals surface area contributed by atoms with Crippen molar-refractivity contribution in [1.82, 2.24) is 0 Å². The SMILES string of the molecule is C=C[Si](C=C)(C=C)C(C)(C)[Si]CCCOC(=O)OCC. The summed E-state index contributed by atoms with van der Waals surface area (Å²) in [6.07, 6.45) is 0.262. The largest absolute Gasteiger partial charge is 0.508 e. The van der Waals surface area contributed by atoms with E-state index in [4.69, 9.17) is 9.47 Å². The van der Waals surface area contributed by atoms with Crippen LogP contribution < -0.4 is 0 Å². The molecule has 5 heteroatoms. The van der Waals surface area contributed by atoms with E-state index in [0.717, 1.165) is 22.0 Å². The van der Waals surface area contributed by atoms with Crippen LogP contribution in [0.2, 0.25) is 10.7 Å². The minimum Gasteiger partial charge on any atom is -0.435 e. The number of hydrogen-bond donors (Lipinski definition) is 0. The molecule has 20 heavy (non-hydrogen) atoms. The van der Waals surface area contributed by atoms with Crippen LogP contribution in [0, 0.1) is 0 Å². The second-order valence-electron chi connectivity index (χ2n) is 4.98. The summed E-state index contributed by atoms with van der Waals surface area (Å²) in [6, 6.07) is 1.01. The topological polar surface area (TPSA) is 35.5 Å². The van der Waals surface area contributed by atoms with Crippen LogP contribution in [0.3, 0.4) is 0 Å². The summed E-state index contributed by atoms with van der Waals surface area (Å²) in [4.78, 5) is 11.0. The Hall–Kier alpha value is -1.08. The second-order valence-corrected chi connectivity index (χ2v) is 11.9. The third-order valence-electron chi connectivity index (χ3n) is 3.47. The van der Waals surface area contributed by atoms with E-state index >= 15 is 0 Å². The van der Waals surface area contributed by atoms with Crippen molar-refractivity contribution in [3.8, 4) is 0 Å². The summed E-state index contributed by atoms with van der Waals surface area (Å²) in [5.41, 5.74) is 6.11. The van der Waals surface area contributed by atoms with Gasteiger partial charge in [-0.3, -0.25) is 0 Å². The third kappa shape index (κ3) is 5.13. The maximum atomic E-state index is 11.0. The first-order valence-electron chi connectivity index (χ1n) is 6.84. The Kier molecular flexibility index (Phi) is 8.49. The zero-order valence-electron chi connectivity index (χ0n) is 12.9. The minimum absolute atomic E-state index is 0.141. The zero-order chi connectivity index (χ0) is 15.6. The van der Waals surface area contributed by atoms with E-state index in [9.17, 15) is 4.79 Å². The smallest absolute Gasteiger partial charge is 0.435 e. The van der Waals surface area contributed by atoms with Crippen molar-refractivity contribution in [3.05, 3.63) is 36.8 Å². The molecule has 0 aliphatic rings. The number of ether oxygens (including phenoxy) is 2. The highest BCUT2D eigenvalue weighted by molar-refractivity contribution is 7.00. The van der Waals surface area contributed by atoms with Crippen LogP contribution >= 0.6 is 0 Å². The predicted octanol–water partition coefficient (Wildman–Crippen LogP) is 4.03. The first-order valence-corrected chi connectivity index (χ1v) is 10.3. The van der Waals surface area contributed by atoms with Gasteiger partial charge in [0, 0.05) is 9.52 Å². The molecule has 2 radical (unpaired) electrons. The van der Waals surface area contributed by atoms with Gasteiger partial charge in [0.05, 0.1) is 13.2 Å². The molecule has 0 heterocycles. The molecular formula is C15H26O3Si2. The van der Waals surface area contributed by atoms with E-state index in [1.807, 2.05) is 17.1 Å². The van der Waals surface area contributed by atoms with Gasteiger partial charge in [0.15, 0.2) is 0 Å². The summed E-state index contributed by atoms with van der Waals surface area (Å²) in [5.74, 6) is 0. The van der Waals surface area contributed by atoms with Crippen molar-refractivity contribution in [2.75, 3.05) is 13.2 Å². The van der Waals surface area contributed by atoms with Gasteiger partial charge >= 0.3 is 6.16 Å². The highest BCUT2D eigenvalue weighted by Gasteiger charge is 2.39. The molecule has 3 nitrogen and oxygen atoms in total. The highest BCUT2D eigenvalue weighted by atomic mass is 28.4. The van der Waals surface area contributed by atoms with Crippen molar-refractivity contribution in [2.24, 2.45) is 0 Å². The van der Waals surface area contributed by atoms with Crippen molar-refractivity contribution >= 4 is 23.7 Å². The van der Waals surface area contributed by atoms with Crippen LogP contribution in [0.15, 0.2) is 36.8 Å². The molecule has 0 aromatic heterocycles. The molecule has 0 aliphatic heterocycles. The van der Waals surface area contributed by atoms with Crippen LogP contribution in [0.5, 0.6) is 0 Å². The number of carbonyl (C=O) groups excluding carboxylic acids is 1. The Morgan fingerprint density at radius 1 is 1.20 bits per heavy atom. The van der Waals surface area contributed by atoms with Crippen LogP contribution in [0.4, 0.5) is 4.79 Å². The van der Waals surface area contributed by atoms with Crippen LogP contribution in [-0.2, 0) is 9.47 Å². The fourth-order valence-corrected chi connectivity index (χ4v) is 7.45. The Bertz CT molecular complexity index is 329. The molecule has 0 unspecified atom stereocenters. The van der Waals surface area contributed by atoms with Gasteiger partial charge in [-0.1, -0.05) is 37.0 Å². The molecule has 0 aromatic carbocycles. The summed E-state index contributed by atoms with van der Waals surface area (Å²) in [6.45, 7) is 18.9. The molecule has 0 bridgehead atoms. The van der Waals surface area contributed by atoms with Crippen LogP contribution in [-0.4, -0.2) is 37.0 Å². The average molecular weight is 311 g/mol. The number of rotatable bonds is 10. The number of carbonyl (C=O) groups is 1. The van der Waals surface area contributed by atoms with Gasteiger partial charge in [-0.2, -0.15) is 0 Å². The number of hydrogen-bond acceptors (Lipinski definition) is 3. The summed E-state index contributed by atoms with van der Waals surface area (Å²) in [5, 5.41) is 0. The molecule has 0 aromatic rings. The first-order chi connectivity index (χ1) is 9.39. The lowest BCUT2D eigenvalue weighted by atomic mass is 10.5. The summed E-state index contributed by atoms with van der Waals surface area (Å²) >= 11 is 0. The maximum Gasteiger partial charge on any atom is 0.508 e. The maximum absolute atomic E-state index is 11.0. The molecule has 0 saturated carbocycles. The highest BCUT2D eigenvalue weighted by Crippen LogP contribution is 2.38. The molecule has 0 amide bonds. The molecule has 0 fully saturated rings. The van der Waals surface area contributed by atoms with E-state index < -0.39 is 14.2 Å². The molecule has 0 aliphatic carbocycles. The Labute approximate surface area is 126 Å². The minimum atomic E-state index is -1.87. The van der Waals surface area contributed by atoms with Crippen molar-refractivity contribution < 1.29 is 14.3 Å². The molecule has 0 saturated heterocycles. The van der Waals surface area contributed by atoms with Gasteiger partial charge in [-0.25, -0.2) is 4.79 Å². The molecule has 0 rings (SSSR count). The summed E-state index contributed by atoms with van der Waals surface area (Å²) in [7, 11) is -1.12. The molecular weight excluding hydrogens is 284 g/mol.